The van der Waals surface area contributed by atoms with Crippen molar-refractivity contribution in [2.45, 2.75) is 31.7 Å². The average Bonchev–Trinajstić information content (AvgIpc) is 2.53. The van der Waals surface area contributed by atoms with Crippen molar-refractivity contribution in [3.63, 3.8) is 0 Å². The number of likely N-dealkylation sites (tertiary alicyclic amines) is 1. The largest absolute Gasteiger partial charge is 0.370 e. The van der Waals surface area contributed by atoms with Crippen LogP contribution in [0.3, 0.4) is 0 Å². The Morgan fingerprint density at radius 3 is 2.71 bits per heavy atom. The third-order valence-electron chi connectivity index (χ3n) is 3.30. The van der Waals surface area contributed by atoms with Crippen LogP contribution < -0.4 is 11.1 Å². The maximum Gasteiger partial charge on any atom is 0.189 e. The van der Waals surface area contributed by atoms with Crippen LogP contribution in [-0.4, -0.2) is 42.6 Å². The lowest BCUT2D eigenvalue weighted by Gasteiger charge is -2.39. The Morgan fingerprint density at radius 1 is 1.50 bits per heavy atom. The molecule has 1 spiro atoms. The van der Waals surface area contributed by atoms with Crippen molar-refractivity contribution in [3.05, 3.63) is 0 Å². The summed E-state index contributed by atoms with van der Waals surface area (Å²) in [5.41, 5.74) is 5.86. The molecule has 0 amide bonds. The first kappa shape index (κ1) is 9.77. The molecule has 0 radical (unpaired) electrons. The molecule has 1 saturated heterocycles. The van der Waals surface area contributed by atoms with Crippen LogP contribution in [0.2, 0.25) is 0 Å². The normalized spacial score (nSPS) is 26.2. The Hall–Kier alpha value is -0.770. The standard InChI is InChI=1S/C10H20N4/c1-2-5-14-6-3-10(4-7-14)8-12-9(11)13-10/h2-8H2,1H3,(H3,11,12,13). The second-order valence-electron chi connectivity index (χ2n) is 4.45. The molecule has 4 heteroatoms. The zero-order valence-electron chi connectivity index (χ0n) is 8.92. The molecule has 2 aliphatic heterocycles. The fraction of sp³-hybridized carbons (Fsp3) is 0.900. The monoisotopic (exact) mass is 196 g/mol. The number of piperidine rings is 1. The van der Waals surface area contributed by atoms with Gasteiger partial charge in [-0.25, -0.2) is 0 Å². The topological polar surface area (TPSA) is 53.6 Å². The average molecular weight is 196 g/mol. The number of hydrogen-bond donors (Lipinski definition) is 2. The molecule has 2 rings (SSSR count). The number of nitrogens with two attached hydrogens (primary N) is 1. The zero-order chi connectivity index (χ0) is 10.0. The summed E-state index contributed by atoms with van der Waals surface area (Å²) in [4.78, 5) is 6.78. The van der Waals surface area contributed by atoms with Gasteiger partial charge in [0, 0.05) is 13.1 Å². The first-order valence-electron chi connectivity index (χ1n) is 5.54. The minimum Gasteiger partial charge on any atom is -0.370 e. The summed E-state index contributed by atoms with van der Waals surface area (Å²) < 4.78 is 0. The highest BCUT2D eigenvalue weighted by molar-refractivity contribution is 5.80. The fourth-order valence-electron chi connectivity index (χ4n) is 2.39. The van der Waals surface area contributed by atoms with Crippen LogP contribution in [0, 0.1) is 0 Å². The van der Waals surface area contributed by atoms with Crippen molar-refractivity contribution in [3.8, 4) is 0 Å². The molecule has 0 atom stereocenters. The highest BCUT2D eigenvalue weighted by Gasteiger charge is 2.37. The van der Waals surface area contributed by atoms with Crippen LogP contribution in [0.4, 0.5) is 0 Å². The van der Waals surface area contributed by atoms with Crippen molar-refractivity contribution in [1.29, 1.82) is 0 Å². The number of nitrogens with zero attached hydrogens (tertiary/aromatic N) is 2. The molecule has 80 valence electrons. The van der Waals surface area contributed by atoms with Gasteiger partial charge in [0.1, 0.15) is 0 Å². The number of guanidine groups is 1. The number of hydrogen-bond acceptors (Lipinski definition) is 4. The lowest BCUT2D eigenvalue weighted by Crippen LogP contribution is -2.54. The number of rotatable bonds is 2. The summed E-state index contributed by atoms with van der Waals surface area (Å²) in [7, 11) is 0. The van der Waals surface area contributed by atoms with E-state index >= 15 is 0 Å². The molecule has 0 saturated carbocycles. The predicted octanol–water partition coefficient (Wildman–Crippen LogP) is 0.149. The molecule has 4 nitrogen and oxygen atoms in total. The second kappa shape index (κ2) is 3.77. The molecule has 0 unspecified atom stereocenters. The van der Waals surface area contributed by atoms with E-state index in [-0.39, 0.29) is 5.54 Å². The number of nitrogens with one attached hydrogen (secondary N) is 1. The molecule has 1 fully saturated rings. The van der Waals surface area contributed by atoms with E-state index < -0.39 is 0 Å². The van der Waals surface area contributed by atoms with Gasteiger partial charge in [-0.15, -0.1) is 0 Å². The van der Waals surface area contributed by atoms with Gasteiger partial charge in [-0.05, 0) is 25.8 Å². The summed E-state index contributed by atoms with van der Waals surface area (Å²) in [6, 6.07) is 0. The van der Waals surface area contributed by atoms with Crippen LogP contribution in [0.5, 0.6) is 0 Å². The van der Waals surface area contributed by atoms with Crippen molar-refractivity contribution in [2.75, 3.05) is 26.2 Å². The molecule has 2 aliphatic rings. The van der Waals surface area contributed by atoms with E-state index in [1.54, 1.807) is 0 Å². The zero-order valence-corrected chi connectivity index (χ0v) is 8.92. The first-order chi connectivity index (χ1) is 6.74. The van der Waals surface area contributed by atoms with Gasteiger partial charge in [0.2, 0.25) is 0 Å². The smallest absolute Gasteiger partial charge is 0.189 e. The SMILES string of the molecule is CCCN1CCC2(CC1)CN=C(N)N2. The molecule has 0 aromatic heterocycles. The van der Waals surface area contributed by atoms with Gasteiger partial charge in [-0.2, -0.15) is 0 Å². The van der Waals surface area contributed by atoms with Gasteiger partial charge in [0.15, 0.2) is 5.96 Å². The van der Waals surface area contributed by atoms with Crippen molar-refractivity contribution in [1.82, 2.24) is 10.2 Å². The van der Waals surface area contributed by atoms with Crippen LogP contribution in [0.1, 0.15) is 26.2 Å². The van der Waals surface area contributed by atoms with E-state index in [1.807, 2.05) is 0 Å². The molecule has 0 aliphatic carbocycles. The Balaban J connectivity index is 1.84. The Kier molecular flexibility index (Phi) is 2.63. The van der Waals surface area contributed by atoms with Crippen LogP contribution in [-0.2, 0) is 0 Å². The third kappa shape index (κ3) is 1.85. The van der Waals surface area contributed by atoms with Crippen molar-refractivity contribution in [2.24, 2.45) is 10.7 Å². The quantitative estimate of drug-likeness (QED) is 0.661. The van der Waals surface area contributed by atoms with E-state index in [1.165, 1.54) is 38.9 Å². The summed E-state index contributed by atoms with van der Waals surface area (Å²) in [6.45, 7) is 6.71. The van der Waals surface area contributed by atoms with Gasteiger partial charge in [-0.3, -0.25) is 4.99 Å². The van der Waals surface area contributed by atoms with E-state index in [4.69, 9.17) is 5.73 Å². The second-order valence-corrected chi connectivity index (χ2v) is 4.45. The van der Waals surface area contributed by atoms with Crippen molar-refractivity contribution < 1.29 is 0 Å². The third-order valence-corrected chi connectivity index (χ3v) is 3.30. The Morgan fingerprint density at radius 2 is 2.21 bits per heavy atom. The van der Waals surface area contributed by atoms with Gasteiger partial charge >= 0.3 is 0 Å². The van der Waals surface area contributed by atoms with Crippen LogP contribution >= 0.6 is 0 Å². The van der Waals surface area contributed by atoms with Crippen LogP contribution in [0.25, 0.3) is 0 Å². The highest BCUT2D eigenvalue weighted by Crippen LogP contribution is 2.25. The van der Waals surface area contributed by atoms with E-state index in [0.717, 1.165) is 6.54 Å². The predicted molar refractivity (Wildman–Crippen MR) is 58.3 cm³/mol. The van der Waals surface area contributed by atoms with Gasteiger partial charge < -0.3 is 16.0 Å². The highest BCUT2D eigenvalue weighted by atomic mass is 15.2. The molecular formula is C10H20N4. The lowest BCUT2D eigenvalue weighted by molar-refractivity contribution is 0.159. The first-order valence-corrected chi connectivity index (χ1v) is 5.54. The Labute approximate surface area is 85.6 Å². The lowest BCUT2D eigenvalue weighted by atomic mass is 9.88. The van der Waals surface area contributed by atoms with E-state index in [9.17, 15) is 0 Å². The van der Waals surface area contributed by atoms with Gasteiger partial charge in [0.25, 0.3) is 0 Å². The minimum atomic E-state index is 0.203. The maximum absolute atomic E-state index is 5.66. The van der Waals surface area contributed by atoms with Crippen LogP contribution in [0.15, 0.2) is 4.99 Å². The fourth-order valence-corrected chi connectivity index (χ4v) is 2.39. The minimum absolute atomic E-state index is 0.203. The molecular weight excluding hydrogens is 176 g/mol. The summed E-state index contributed by atoms with van der Waals surface area (Å²) in [5.74, 6) is 0.633. The van der Waals surface area contributed by atoms with Gasteiger partial charge in [0.05, 0.1) is 12.1 Å². The molecule has 0 aromatic carbocycles. The number of aliphatic imine (C=N–C) groups is 1. The molecule has 0 aromatic rings. The Bertz CT molecular complexity index is 228. The maximum atomic E-state index is 5.66. The summed E-state index contributed by atoms with van der Waals surface area (Å²) >= 11 is 0. The summed E-state index contributed by atoms with van der Waals surface area (Å²) in [6.07, 6.45) is 3.60. The molecule has 3 N–H and O–H groups in total. The molecule has 0 bridgehead atoms. The van der Waals surface area contributed by atoms with Crippen molar-refractivity contribution >= 4 is 5.96 Å². The molecule has 2 heterocycles. The molecule has 14 heavy (non-hydrogen) atoms. The van der Waals surface area contributed by atoms with Gasteiger partial charge in [-0.1, -0.05) is 6.92 Å². The summed E-state index contributed by atoms with van der Waals surface area (Å²) in [5, 5.41) is 3.33. The van der Waals surface area contributed by atoms with E-state index in [2.05, 4.69) is 22.1 Å². The van der Waals surface area contributed by atoms with E-state index in [0.29, 0.717) is 5.96 Å².